The molecule has 2 N–H and O–H groups in total. The summed E-state index contributed by atoms with van der Waals surface area (Å²) in [5.74, 6) is -0.528. The number of nitrogens with two attached hydrogens (primary N) is 1. The number of esters is 1. The number of rotatable bonds is 4. The summed E-state index contributed by atoms with van der Waals surface area (Å²) in [7, 11) is 1.29. The maximum atomic E-state index is 11.4. The Balaban J connectivity index is 2.35. The molecular weight excluding hydrogens is 244 g/mol. The van der Waals surface area contributed by atoms with E-state index in [4.69, 9.17) is 5.73 Å². The van der Waals surface area contributed by atoms with Crippen LogP contribution in [0.1, 0.15) is 29.1 Å². The third-order valence-corrected chi connectivity index (χ3v) is 2.80. The standard InChI is InChI=1S/C13H16N4O2/c1-9(14)11(10-6-4-3-5-7-10)17-8-15-12(16-17)13(18)19-2/h3-9,11H,14H2,1-2H3. The molecule has 1 heterocycles. The number of ether oxygens (including phenoxy) is 1. The topological polar surface area (TPSA) is 83.0 Å². The number of carbonyl (C=O) groups excluding carboxylic acids is 1. The smallest absolute Gasteiger partial charge is 0.377 e. The summed E-state index contributed by atoms with van der Waals surface area (Å²) < 4.78 is 6.18. The fourth-order valence-corrected chi connectivity index (χ4v) is 1.94. The summed E-state index contributed by atoms with van der Waals surface area (Å²) in [6.07, 6.45) is 1.49. The summed E-state index contributed by atoms with van der Waals surface area (Å²) in [5.41, 5.74) is 7.03. The van der Waals surface area contributed by atoms with E-state index in [2.05, 4.69) is 14.8 Å². The molecule has 0 aliphatic rings. The summed E-state index contributed by atoms with van der Waals surface area (Å²) in [6.45, 7) is 1.89. The van der Waals surface area contributed by atoms with Gasteiger partial charge in [-0.05, 0) is 12.5 Å². The lowest BCUT2D eigenvalue weighted by Crippen LogP contribution is -2.30. The van der Waals surface area contributed by atoms with E-state index in [0.717, 1.165) is 5.56 Å². The molecule has 0 fully saturated rings. The van der Waals surface area contributed by atoms with E-state index < -0.39 is 5.97 Å². The van der Waals surface area contributed by atoms with Gasteiger partial charge in [0.2, 0.25) is 0 Å². The first-order valence-electron chi connectivity index (χ1n) is 5.93. The molecule has 2 atom stereocenters. The van der Waals surface area contributed by atoms with Crippen LogP contribution in [0.25, 0.3) is 0 Å². The maximum absolute atomic E-state index is 11.4. The Hall–Kier alpha value is -2.21. The van der Waals surface area contributed by atoms with Gasteiger partial charge in [-0.15, -0.1) is 5.10 Å². The molecule has 0 saturated carbocycles. The molecule has 100 valence electrons. The number of nitrogens with zero attached hydrogens (tertiary/aromatic N) is 3. The highest BCUT2D eigenvalue weighted by Crippen LogP contribution is 2.19. The molecule has 0 aliphatic carbocycles. The molecular formula is C13H16N4O2. The molecule has 2 rings (SSSR count). The molecule has 0 radical (unpaired) electrons. The molecule has 0 aliphatic heterocycles. The van der Waals surface area contributed by atoms with Crippen LogP contribution in [0.4, 0.5) is 0 Å². The van der Waals surface area contributed by atoms with Gasteiger partial charge in [0.25, 0.3) is 5.82 Å². The minimum Gasteiger partial charge on any atom is -0.463 e. The van der Waals surface area contributed by atoms with Crippen LogP contribution in [0, 0.1) is 0 Å². The van der Waals surface area contributed by atoms with Crippen molar-refractivity contribution in [2.24, 2.45) is 5.73 Å². The van der Waals surface area contributed by atoms with Crippen molar-refractivity contribution in [2.75, 3.05) is 7.11 Å². The first kappa shape index (κ1) is 13.2. The molecule has 6 heteroatoms. The normalized spacial score (nSPS) is 13.8. The van der Waals surface area contributed by atoms with Gasteiger partial charge in [0.05, 0.1) is 13.2 Å². The van der Waals surface area contributed by atoms with Crippen LogP contribution in [0.15, 0.2) is 36.7 Å². The van der Waals surface area contributed by atoms with Gasteiger partial charge < -0.3 is 10.5 Å². The second-order valence-corrected chi connectivity index (χ2v) is 4.25. The molecule has 2 unspecified atom stereocenters. The quantitative estimate of drug-likeness (QED) is 0.829. The van der Waals surface area contributed by atoms with E-state index in [1.807, 2.05) is 37.3 Å². The number of aromatic nitrogens is 3. The van der Waals surface area contributed by atoms with Crippen molar-refractivity contribution in [2.45, 2.75) is 19.0 Å². The van der Waals surface area contributed by atoms with E-state index in [1.54, 1.807) is 4.68 Å². The minimum atomic E-state index is -0.560. The first-order chi connectivity index (χ1) is 9.13. The Bertz CT molecular complexity index is 551. The molecule has 0 saturated heterocycles. The van der Waals surface area contributed by atoms with E-state index in [-0.39, 0.29) is 17.9 Å². The molecule has 0 bridgehead atoms. The average Bonchev–Trinajstić information content (AvgIpc) is 2.88. The second kappa shape index (κ2) is 5.62. The van der Waals surface area contributed by atoms with E-state index in [9.17, 15) is 4.79 Å². The van der Waals surface area contributed by atoms with Gasteiger partial charge in [0.1, 0.15) is 6.33 Å². The van der Waals surface area contributed by atoms with Crippen molar-refractivity contribution < 1.29 is 9.53 Å². The largest absolute Gasteiger partial charge is 0.463 e. The van der Waals surface area contributed by atoms with Crippen molar-refractivity contribution in [1.29, 1.82) is 0 Å². The Morgan fingerprint density at radius 2 is 2.05 bits per heavy atom. The van der Waals surface area contributed by atoms with Crippen molar-refractivity contribution >= 4 is 5.97 Å². The molecule has 0 amide bonds. The van der Waals surface area contributed by atoms with Gasteiger partial charge >= 0.3 is 5.97 Å². The molecule has 6 nitrogen and oxygen atoms in total. The summed E-state index contributed by atoms with van der Waals surface area (Å²) in [4.78, 5) is 15.3. The van der Waals surface area contributed by atoms with E-state index in [0.29, 0.717) is 0 Å². The molecule has 19 heavy (non-hydrogen) atoms. The number of methoxy groups -OCH3 is 1. The highest BCUT2D eigenvalue weighted by atomic mass is 16.5. The second-order valence-electron chi connectivity index (χ2n) is 4.25. The van der Waals surface area contributed by atoms with E-state index >= 15 is 0 Å². The van der Waals surface area contributed by atoms with Crippen LogP contribution in [0.3, 0.4) is 0 Å². The summed E-state index contributed by atoms with van der Waals surface area (Å²) in [6, 6.07) is 9.39. The van der Waals surface area contributed by atoms with Crippen molar-refractivity contribution in [3.05, 3.63) is 48.0 Å². The van der Waals surface area contributed by atoms with Crippen LogP contribution in [-0.4, -0.2) is 33.9 Å². The summed E-state index contributed by atoms with van der Waals surface area (Å²) in [5, 5.41) is 4.13. The molecule has 1 aromatic heterocycles. The van der Waals surface area contributed by atoms with Crippen LogP contribution >= 0.6 is 0 Å². The Labute approximate surface area is 111 Å². The highest BCUT2D eigenvalue weighted by molar-refractivity contribution is 5.84. The molecule has 0 spiro atoms. The predicted molar refractivity (Wildman–Crippen MR) is 69.6 cm³/mol. The zero-order valence-electron chi connectivity index (χ0n) is 10.9. The first-order valence-corrected chi connectivity index (χ1v) is 5.93. The van der Waals surface area contributed by atoms with E-state index in [1.165, 1.54) is 13.4 Å². The number of carbonyl (C=O) groups is 1. The van der Waals surface area contributed by atoms with Crippen LogP contribution in [0.5, 0.6) is 0 Å². The highest BCUT2D eigenvalue weighted by Gasteiger charge is 2.21. The third-order valence-electron chi connectivity index (χ3n) is 2.80. The number of hydrogen-bond donors (Lipinski definition) is 1. The SMILES string of the molecule is COC(=O)c1ncn(C(c2ccccc2)C(C)N)n1. The lowest BCUT2D eigenvalue weighted by molar-refractivity contribution is 0.0586. The van der Waals surface area contributed by atoms with Crippen LogP contribution in [0.2, 0.25) is 0 Å². The summed E-state index contributed by atoms with van der Waals surface area (Å²) >= 11 is 0. The van der Waals surface area contributed by atoms with Gasteiger partial charge in [-0.1, -0.05) is 30.3 Å². The molecule has 1 aromatic carbocycles. The Morgan fingerprint density at radius 3 is 2.63 bits per heavy atom. The zero-order valence-corrected chi connectivity index (χ0v) is 10.9. The van der Waals surface area contributed by atoms with Crippen LogP contribution in [-0.2, 0) is 4.74 Å². The zero-order chi connectivity index (χ0) is 13.8. The Morgan fingerprint density at radius 1 is 1.37 bits per heavy atom. The minimum absolute atomic E-state index is 0.0316. The maximum Gasteiger partial charge on any atom is 0.377 e. The third kappa shape index (κ3) is 2.79. The van der Waals surface area contributed by atoms with Gasteiger partial charge in [-0.2, -0.15) is 0 Å². The molecule has 2 aromatic rings. The number of hydrogen-bond acceptors (Lipinski definition) is 5. The van der Waals surface area contributed by atoms with Crippen LogP contribution < -0.4 is 5.73 Å². The van der Waals surface area contributed by atoms with Crippen molar-refractivity contribution in [3.8, 4) is 0 Å². The van der Waals surface area contributed by atoms with Gasteiger partial charge in [-0.25, -0.2) is 14.5 Å². The fraction of sp³-hybridized carbons (Fsp3) is 0.308. The van der Waals surface area contributed by atoms with Crippen molar-refractivity contribution in [1.82, 2.24) is 14.8 Å². The fourth-order valence-electron chi connectivity index (χ4n) is 1.94. The Kier molecular flexibility index (Phi) is 3.91. The lowest BCUT2D eigenvalue weighted by atomic mass is 10.0. The lowest BCUT2D eigenvalue weighted by Gasteiger charge is -2.21. The van der Waals surface area contributed by atoms with Gasteiger partial charge in [-0.3, -0.25) is 0 Å². The average molecular weight is 260 g/mol. The van der Waals surface area contributed by atoms with Gasteiger partial charge in [0, 0.05) is 6.04 Å². The number of benzene rings is 1. The van der Waals surface area contributed by atoms with Crippen molar-refractivity contribution in [3.63, 3.8) is 0 Å². The van der Waals surface area contributed by atoms with Gasteiger partial charge in [0.15, 0.2) is 0 Å². The monoisotopic (exact) mass is 260 g/mol. The predicted octanol–water partition coefficient (Wildman–Crippen LogP) is 1.00.